The van der Waals surface area contributed by atoms with Crippen molar-refractivity contribution in [2.75, 3.05) is 13.1 Å². The van der Waals surface area contributed by atoms with Gasteiger partial charge in [0, 0.05) is 24.0 Å². The Morgan fingerprint density at radius 1 is 1.52 bits per heavy atom. The Labute approximate surface area is 138 Å². The van der Waals surface area contributed by atoms with Crippen LogP contribution in [-0.4, -0.2) is 42.9 Å². The molecule has 0 radical (unpaired) electrons. The minimum Gasteiger partial charge on any atom is -0.355 e. The molecule has 23 heavy (non-hydrogen) atoms. The first-order valence-electron chi connectivity index (χ1n) is 7.26. The first-order chi connectivity index (χ1) is 10.9. The maximum atomic E-state index is 13.0. The molecule has 0 bridgehead atoms. The van der Waals surface area contributed by atoms with E-state index in [-0.39, 0.29) is 17.3 Å². The highest BCUT2D eigenvalue weighted by atomic mass is 32.2. The molecule has 1 aliphatic heterocycles. The summed E-state index contributed by atoms with van der Waals surface area (Å²) in [5, 5.41) is 6.36. The van der Waals surface area contributed by atoms with Gasteiger partial charge in [-0.3, -0.25) is 4.79 Å². The highest BCUT2D eigenvalue weighted by Crippen LogP contribution is 2.35. The minimum atomic E-state index is -3.74. The van der Waals surface area contributed by atoms with Gasteiger partial charge in [0.1, 0.15) is 6.04 Å². The van der Waals surface area contributed by atoms with E-state index in [1.807, 2.05) is 0 Å². The molecule has 1 N–H and O–H groups in total. The molecule has 0 aliphatic carbocycles. The first kappa shape index (κ1) is 16.2. The molecular formula is C14H17N3O4S2. The third-order valence-corrected chi connectivity index (χ3v) is 7.04. The topological polar surface area (TPSA) is 92.5 Å². The Morgan fingerprint density at radius 2 is 2.30 bits per heavy atom. The zero-order valence-corrected chi connectivity index (χ0v) is 14.4. The molecule has 1 saturated heterocycles. The summed E-state index contributed by atoms with van der Waals surface area (Å²) in [4.78, 5) is 13.5. The van der Waals surface area contributed by atoms with Crippen molar-refractivity contribution in [1.82, 2.24) is 14.8 Å². The lowest BCUT2D eigenvalue weighted by Crippen LogP contribution is -2.56. The van der Waals surface area contributed by atoms with Crippen LogP contribution in [0.4, 0.5) is 0 Å². The summed E-state index contributed by atoms with van der Waals surface area (Å²) in [5.74, 6) is 0.286. The zero-order valence-electron chi connectivity index (χ0n) is 12.8. The van der Waals surface area contributed by atoms with Crippen molar-refractivity contribution in [3.63, 3.8) is 0 Å². The van der Waals surface area contributed by atoms with E-state index in [0.717, 1.165) is 0 Å². The number of hydrogen-bond acceptors (Lipinski definition) is 6. The van der Waals surface area contributed by atoms with Gasteiger partial charge in [-0.15, -0.1) is 11.3 Å². The third kappa shape index (κ3) is 2.79. The molecule has 1 amide bonds. The van der Waals surface area contributed by atoms with Crippen LogP contribution >= 0.6 is 11.3 Å². The van der Waals surface area contributed by atoms with E-state index in [4.69, 9.17) is 4.52 Å². The summed E-state index contributed by atoms with van der Waals surface area (Å²) in [7, 11) is -3.74. The number of nitrogens with zero attached hydrogens (tertiary/aromatic N) is 2. The molecule has 124 valence electrons. The van der Waals surface area contributed by atoms with Crippen LogP contribution in [-0.2, 0) is 14.8 Å². The SMILES string of the molecule is CCC1C(=O)NCCN1S(=O)(=O)c1cc(-c2ccno2)sc1C. The molecule has 9 heteroatoms. The fourth-order valence-electron chi connectivity index (χ4n) is 2.68. The van der Waals surface area contributed by atoms with E-state index in [1.165, 1.54) is 21.8 Å². The summed E-state index contributed by atoms with van der Waals surface area (Å²) in [5.41, 5.74) is 0. The Hall–Kier alpha value is -1.71. The molecule has 0 saturated carbocycles. The van der Waals surface area contributed by atoms with Crippen LogP contribution in [0.1, 0.15) is 18.2 Å². The third-order valence-electron chi connectivity index (χ3n) is 3.81. The number of nitrogens with one attached hydrogen (secondary N) is 1. The predicted octanol–water partition coefficient (Wildman–Crippen LogP) is 1.61. The maximum Gasteiger partial charge on any atom is 0.244 e. The lowest BCUT2D eigenvalue weighted by atomic mass is 10.2. The normalized spacial score (nSPS) is 19.7. The van der Waals surface area contributed by atoms with Gasteiger partial charge in [0.25, 0.3) is 0 Å². The molecule has 2 aromatic rings. The molecule has 3 heterocycles. The molecule has 7 nitrogen and oxygen atoms in total. The van der Waals surface area contributed by atoms with Crippen molar-refractivity contribution in [2.24, 2.45) is 0 Å². The number of sulfonamides is 1. The van der Waals surface area contributed by atoms with Gasteiger partial charge < -0.3 is 9.84 Å². The Balaban J connectivity index is 2.01. The number of amides is 1. The Bertz CT molecular complexity index is 811. The molecule has 0 aromatic carbocycles. The number of aryl methyl sites for hydroxylation is 1. The van der Waals surface area contributed by atoms with E-state index >= 15 is 0 Å². The van der Waals surface area contributed by atoms with Gasteiger partial charge >= 0.3 is 0 Å². The van der Waals surface area contributed by atoms with Gasteiger partial charge in [-0.25, -0.2) is 8.42 Å². The second-order valence-electron chi connectivity index (χ2n) is 5.24. The van der Waals surface area contributed by atoms with E-state index in [0.29, 0.717) is 28.5 Å². The van der Waals surface area contributed by atoms with E-state index in [9.17, 15) is 13.2 Å². The maximum absolute atomic E-state index is 13.0. The van der Waals surface area contributed by atoms with E-state index in [2.05, 4.69) is 10.5 Å². The molecule has 1 atom stereocenters. The summed E-state index contributed by atoms with van der Waals surface area (Å²) in [6.45, 7) is 4.16. The van der Waals surface area contributed by atoms with Crippen molar-refractivity contribution in [1.29, 1.82) is 0 Å². The van der Waals surface area contributed by atoms with Crippen LogP contribution in [0.3, 0.4) is 0 Å². The van der Waals surface area contributed by atoms with Gasteiger partial charge in [-0.2, -0.15) is 4.31 Å². The first-order valence-corrected chi connectivity index (χ1v) is 9.52. The summed E-state index contributed by atoms with van der Waals surface area (Å²) in [6.07, 6.45) is 1.95. The van der Waals surface area contributed by atoms with Gasteiger partial charge in [0.15, 0.2) is 5.76 Å². The largest absolute Gasteiger partial charge is 0.355 e. The zero-order chi connectivity index (χ0) is 16.6. The number of carbonyl (C=O) groups excluding carboxylic acids is 1. The van der Waals surface area contributed by atoms with Gasteiger partial charge in [-0.1, -0.05) is 12.1 Å². The molecular weight excluding hydrogens is 338 g/mol. The van der Waals surface area contributed by atoms with E-state index in [1.54, 1.807) is 26.0 Å². The Morgan fingerprint density at radius 3 is 2.96 bits per heavy atom. The van der Waals surface area contributed by atoms with Crippen molar-refractivity contribution in [3.05, 3.63) is 23.2 Å². The van der Waals surface area contributed by atoms with Gasteiger partial charge in [0.05, 0.1) is 16.0 Å². The molecule has 1 unspecified atom stereocenters. The average Bonchev–Trinajstić information content (AvgIpc) is 3.16. The predicted molar refractivity (Wildman–Crippen MR) is 85.5 cm³/mol. The smallest absolute Gasteiger partial charge is 0.244 e. The molecule has 1 aliphatic rings. The average molecular weight is 355 g/mol. The number of thiophene rings is 1. The monoisotopic (exact) mass is 355 g/mol. The molecule has 2 aromatic heterocycles. The van der Waals surface area contributed by atoms with Crippen LogP contribution < -0.4 is 5.32 Å². The highest BCUT2D eigenvalue weighted by Gasteiger charge is 2.38. The fourth-order valence-corrected chi connectivity index (χ4v) is 5.86. The quantitative estimate of drug-likeness (QED) is 0.899. The molecule has 0 spiro atoms. The number of aromatic nitrogens is 1. The second kappa shape index (κ2) is 6.06. The summed E-state index contributed by atoms with van der Waals surface area (Å²) >= 11 is 1.33. The summed E-state index contributed by atoms with van der Waals surface area (Å²) < 4.78 is 32.4. The standard InChI is InChI=1S/C14H17N3O4S2/c1-3-10-14(18)15-6-7-17(10)23(19,20)13-8-12(22-9(13)2)11-4-5-16-21-11/h4-5,8,10H,3,6-7H2,1-2H3,(H,15,18). The van der Waals surface area contributed by atoms with Crippen molar-refractivity contribution in [3.8, 4) is 10.6 Å². The number of piperazine rings is 1. The summed E-state index contributed by atoms with van der Waals surface area (Å²) in [6, 6.07) is 2.61. The van der Waals surface area contributed by atoms with Crippen molar-refractivity contribution < 1.29 is 17.7 Å². The van der Waals surface area contributed by atoms with Crippen molar-refractivity contribution >= 4 is 27.3 Å². The van der Waals surface area contributed by atoms with Crippen LogP contribution in [0.5, 0.6) is 0 Å². The van der Waals surface area contributed by atoms with Crippen LogP contribution in [0.15, 0.2) is 27.7 Å². The van der Waals surface area contributed by atoms with Crippen LogP contribution in [0.25, 0.3) is 10.6 Å². The highest BCUT2D eigenvalue weighted by molar-refractivity contribution is 7.89. The minimum absolute atomic E-state index is 0.224. The van der Waals surface area contributed by atoms with Crippen LogP contribution in [0, 0.1) is 6.92 Å². The van der Waals surface area contributed by atoms with E-state index < -0.39 is 16.1 Å². The number of rotatable bonds is 4. The molecule has 1 fully saturated rings. The second-order valence-corrected chi connectivity index (χ2v) is 8.35. The van der Waals surface area contributed by atoms with Crippen molar-refractivity contribution in [2.45, 2.75) is 31.2 Å². The number of hydrogen-bond donors (Lipinski definition) is 1. The van der Waals surface area contributed by atoms with Gasteiger partial charge in [0.2, 0.25) is 15.9 Å². The van der Waals surface area contributed by atoms with Crippen LogP contribution in [0.2, 0.25) is 0 Å². The lowest BCUT2D eigenvalue weighted by molar-refractivity contribution is -0.126. The number of carbonyl (C=O) groups is 1. The lowest BCUT2D eigenvalue weighted by Gasteiger charge is -2.33. The fraction of sp³-hybridized carbons (Fsp3) is 0.429. The Kier molecular flexibility index (Phi) is 4.26. The van der Waals surface area contributed by atoms with Gasteiger partial charge in [-0.05, 0) is 19.4 Å². The molecule has 3 rings (SSSR count).